The quantitative estimate of drug-likeness (QED) is 0.642. The summed E-state index contributed by atoms with van der Waals surface area (Å²) in [7, 11) is 0. The summed E-state index contributed by atoms with van der Waals surface area (Å²) in [5.74, 6) is 0.575. The van der Waals surface area contributed by atoms with Gasteiger partial charge in [0.2, 0.25) is 0 Å². The second-order valence-electron chi connectivity index (χ2n) is 4.95. The summed E-state index contributed by atoms with van der Waals surface area (Å²) >= 11 is 0. The maximum atomic E-state index is 11.1. The van der Waals surface area contributed by atoms with Gasteiger partial charge in [-0.2, -0.15) is 0 Å². The summed E-state index contributed by atoms with van der Waals surface area (Å²) < 4.78 is 0. The predicted molar refractivity (Wildman–Crippen MR) is 80.9 cm³/mol. The van der Waals surface area contributed by atoms with Crippen LogP contribution in [0.1, 0.15) is 12.0 Å². The molecule has 5 heteroatoms. The summed E-state index contributed by atoms with van der Waals surface area (Å²) in [6.07, 6.45) is 4.74. The Bertz CT molecular complexity index is 683. The van der Waals surface area contributed by atoms with Gasteiger partial charge in [-0.05, 0) is 23.3 Å². The SMILES string of the molecule is O=[N+]([O-])c1ccc[nH+]c1N1CC=C(c2ccccc2)CC1. The number of nitrogens with one attached hydrogen (secondary N) is 1. The zero-order valence-electron chi connectivity index (χ0n) is 11.5. The minimum Gasteiger partial charge on any atom is -0.258 e. The lowest BCUT2D eigenvalue weighted by Crippen LogP contribution is -2.33. The van der Waals surface area contributed by atoms with Crippen molar-refractivity contribution in [1.29, 1.82) is 0 Å². The van der Waals surface area contributed by atoms with Crippen molar-refractivity contribution in [1.82, 2.24) is 0 Å². The number of H-pyrrole nitrogens is 1. The van der Waals surface area contributed by atoms with Gasteiger partial charge in [0.15, 0.2) is 0 Å². The van der Waals surface area contributed by atoms with Crippen LogP contribution in [0.3, 0.4) is 0 Å². The fourth-order valence-corrected chi connectivity index (χ4v) is 2.61. The molecule has 0 radical (unpaired) electrons. The Balaban J connectivity index is 1.83. The van der Waals surface area contributed by atoms with Crippen LogP contribution in [0.15, 0.2) is 54.7 Å². The highest BCUT2D eigenvalue weighted by molar-refractivity contribution is 5.69. The fourth-order valence-electron chi connectivity index (χ4n) is 2.61. The van der Waals surface area contributed by atoms with E-state index in [1.807, 2.05) is 23.1 Å². The predicted octanol–water partition coefficient (Wildman–Crippen LogP) is 2.70. The molecular weight excluding hydrogens is 266 g/mol. The van der Waals surface area contributed by atoms with Crippen LogP contribution >= 0.6 is 0 Å². The third-order valence-corrected chi connectivity index (χ3v) is 3.68. The van der Waals surface area contributed by atoms with Gasteiger partial charge in [0.05, 0.1) is 17.7 Å². The van der Waals surface area contributed by atoms with Gasteiger partial charge >= 0.3 is 11.5 Å². The van der Waals surface area contributed by atoms with Crippen LogP contribution in [0.25, 0.3) is 5.57 Å². The van der Waals surface area contributed by atoms with Gasteiger partial charge in [0, 0.05) is 12.5 Å². The molecule has 21 heavy (non-hydrogen) atoms. The van der Waals surface area contributed by atoms with Crippen molar-refractivity contribution >= 4 is 17.1 Å². The molecule has 1 aliphatic heterocycles. The molecule has 2 heterocycles. The summed E-state index contributed by atoms with van der Waals surface area (Å²) in [6, 6.07) is 13.4. The van der Waals surface area contributed by atoms with Crippen LogP contribution in [0.4, 0.5) is 11.5 Å². The van der Waals surface area contributed by atoms with Crippen molar-refractivity contribution in [2.45, 2.75) is 6.42 Å². The molecule has 0 saturated heterocycles. The maximum absolute atomic E-state index is 11.1. The van der Waals surface area contributed by atoms with E-state index in [0.717, 1.165) is 13.0 Å². The van der Waals surface area contributed by atoms with Crippen molar-refractivity contribution in [2.24, 2.45) is 0 Å². The van der Waals surface area contributed by atoms with E-state index in [1.54, 1.807) is 12.3 Å². The molecule has 106 valence electrons. The normalized spacial score (nSPS) is 14.7. The van der Waals surface area contributed by atoms with Gasteiger partial charge < -0.3 is 0 Å². The van der Waals surface area contributed by atoms with Gasteiger partial charge in [0.1, 0.15) is 6.54 Å². The second-order valence-corrected chi connectivity index (χ2v) is 4.95. The standard InChI is InChI=1S/C16H15N3O2/c20-19(21)15-7-4-10-17-16(15)18-11-8-14(9-12-18)13-5-2-1-3-6-13/h1-8,10H,9,11-12H2/p+1. The summed E-state index contributed by atoms with van der Waals surface area (Å²) in [5.41, 5.74) is 2.64. The van der Waals surface area contributed by atoms with Gasteiger partial charge in [-0.1, -0.05) is 30.3 Å². The molecule has 0 spiro atoms. The lowest BCUT2D eigenvalue weighted by molar-refractivity contribution is -0.411. The summed E-state index contributed by atoms with van der Waals surface area (Å²) in [6.45, 7) is 1.44. The molecule has 0 aliphatic carbocycles. The zero-order valence-corrected chi connectivity index (χ0v) is 11.5. The highest BCUT2D eigenvalue weighted by atomic mass is 16.6. The summed E-state index contributed by atoms with van der Waals surface area (Å²) in [5, 5.41) is 11.1. The van der Waals surface area contributed by atoms with E-state index < -0.39 is 0 Å². The molecule has 1 aliphatic rings. The maximum Gasteiger partial charge on any atom is 0.357 e. The average molecular weight is 282 g/mol. The average Bonchev–Trinajstić information content (AvgIpc) is 2.56. The van der Waals surface area contributed by atoms with Crippen LogP contribution in [0, 0.1) is 10.1 Å². The van der Waals surface area contributed by atoms with Crippen LogP contribution in [-0.4, -0.2) is 18.0 Å². The number of pyridine rings is 1. The minimum atomic E-state index is -0.345. The number of nitrogens with zero attached hydrogens (tertiary/aromatic N) is 2. The molecule has 1 aromatic carbocycles. The number of anilines is 1. The van der Waals surface area contributed by atoms with Gasteiger partial charge in [-0.25, -0.2) is 4.98 Å². The monoisotopic (exact) mass is 282 g/mol. The van der Waals surface area contributed by atoms with Crippen molar-refractivity contribution in [3.05, 3.63) is 70.4 Å². The number of benzene rings is 1. The first-order valence-corrected chi connectivity index (χ1v) is 6.90. The van der Waals surface area contributed by atoms with Crippen LogP contribution in [-0.2, 0) is 0 Å². The van der Waals surface area contributed by atoms with E-state index in [9.17, 15) is 10.1 Å². The lowest BCUT2D eigenvalue weighted by Gasteiger charge is -2.21. The Kier molecular flexibility index (Phi) is 3.64. The van der Waals surface area contributed by atoms with E-state index in [1.165, 1.54) is 17.2 Å². The summed E-state index contributed by atoms with van der Waals surface area (Å²) in [4.78, 5) is 15.8. The Labute approximate surface area is 122 Å². The molecule has 1 aromatic heterocycles. The fraction of sp³-hybridized carbons (Fsp3) is 0.188. The topological polar surface area (TPSA) is 60.5 Å². The minimum absolute atomic E-state index is 0.120. The van der Waals surface area contributed by atoms with Gasteiger partial charge in [-0.15, -0.1) is 0 Å². The van der Waals surface area contributed by atoms with Gasteiger partial charge in [0.25, 0.3) is 0 Å². The smallest absolute Gasteiger partial charge is 0.258 e. The highest BCUT2D eigenvalue weighted by Crippen LogP contribution is 2.28. The van der Waals surface area contributed by atoms with Gasteiger partial charge in [-0.3, -0.25) is 15.0 Å². The highest BCUT2D eigenvalue weighted by Gasteiger charge is 2.28. The van der Waals surface area contributed by atoms with Crippen LogP contribution in [0.2, 0.25) is 0 Å². The molecule has 0 bridgehead atoms. The molecule has 3 rings (SSSR count). The number of hydrogen-bond acceptors (Lipinski definition) is 3. The molecule has 0 saturated carbocycles. The van der Waals surface area contributed by atoms with E-state index in [4.69, 9.17) is 0 Å². The Morgan fingerprint density at radius 3 is 2.62 bits per heavy atom. The molecule has 2 aromatic rings. The van der Waals surface area contributed by atoms with Crippen molar-refractivity contribution in [3.8, 4) is 0 Å². The van der Waals surface area contributed by atoms with Crippen molar-refractivity contribution in [2.75, 3.05) is 18.0 Å². The van der Waals surface area contributed by atoms with E-state index in [0.29, 0.717) is 12.4 Å². The Morgan fingerprint density at radius 2 is 1.95 bits per heavy atom. The molecule has 1 N–H and O–H groups in total. The number of nitro groups is 1. The Morgan fingerprint density at radius 1 is 1.14 bits per heavy atom. The van der Waals surface area contributed by atoms with E-state index in [-0.39, 0.29) is 10.6 Å². The third-order valence-electron chi connectivity index (χ3n) is 3.68. The molecule has 0 unspecified atom stereocenters. The molecular formula is C16H16N3O2+. The first kappa shape index (κ1) is 13.3. The lowest BCUT2D eigenvalue weighted by atomic mass is 9.99. The Hall–Kier alpha value is -2.69. The number of aromatic amines is 1. The number of rotatable bonds is 3. The van der Waals surface area contributed by atoms with E-state index >= 15 is 0 Å². The number of hydrogen-bond donors (Lipinski definition) is 0. The van der Waals surface area contributed by atoms with Crippen LogP contribution < -0.4 is 9.88 Å². The van der Waals surface area contributed by atoms with Crippen LogP contribution in [0.5, 0.6) is 0 Å². The second kappa shape index (κ2) is 5.75. The zero-order chi connectivity index (χ0) is 14.7. The van der Waals surface area contributed by atoms with Crippen molar-refractivity contribution in [3.63, 3.8) is 0 Å². The first-order valence-electron chi connectivity index (χ1n) is 6.90. The third kappa shape index (κ3) is 2.76. The molecule has 0 amide bonds. The number of aromatic nitrogens is 1. The molecule has 0 atom stereocenters. The largest absolute Gasteiger partial charge is 0.357 e. The molecule has 5 nitrogen and oxygen atoms in total. The first-order chi connectivity index (χ1) is 10.3. The van der Waals surface area contributed by atoms with E-state index in [2.05, 4.69) is 23.2 Å². The molecule has 0 fully saturated rings. The van der Waals surface area contributed by atoms with Crippen molar-refractivity contribution < 1.29 is 9.91 Å².